The molecule has 0 saturated heterocycles. The average molecular weight is 273 g/mol. The predicted molar refractivity (Wildman–Crippen MR) is 62.4 cm³/mol. The standard InChI is InChI=1S/C11H13BrO3/c1-4-9(13)8-5-7(12)6-10(14-2)11(8)15-3/h4-6,9,13H,1H2,2-3H3. The highest BCUT2D eigenvalue weighted by Gasteiger charge is 2.16. The third-order valence-electron chi connectivity index (χ3n) is 2.01. The van der Waals surface area contributed by atoms with Gasteiger partial charge >= 0.3 is 0 Å². The van der Waals surface area contributed by atoms with Gasteiger partial charge in [-0.05, 0) is 12.1 Å². The van der Waals surface area contributed by atoms with Crippen LogP contribution in [0, 0.1) is 0 Å². The Morgan fingerprint density at radius 2 is 2.07 bits per heavy atom. The lowest BCUT2D eigenvalue weighted by Gasteiger charge is -2.15. The lowest BCUT2D eigenvalue weighted by atomic mass is 10.1. The van der Waals surface area contributed by atoms with Crippen molar-refractivity contribution in [2.75, 3.05) is 14.2 Å². The van der Waals surface area contributed by atoms with Gasteiger partial charge < -0.3 is 14.6 Å². The summed E-state index contributed by atoms with van der Waals surface area (Å²) >= 11 is 3.33. The Morgan fingerprint density at radius 3 is 2.53 bits per heavy atom. The molecule has 3 nitrogen and oxygen atoms in total. The van der Waals surface area contributed by atoms with Gasteiger partial charge in [0.25, 0.3) is 0 Å². The summed E-state index contributed by atoms with van der Waals surface area (Å²) in [7, 11) is 3.08. The van der Waals surface area contributed by atoms with Crippen molar-refractivity contribution in [3.8, 4) is 11.5 Å². The molecule has 82 valence electrons. The molecule has 1 unspecified atom stereocenters. The fourth-order valence-electron chi connectivity index (χ4n) is 1.31. The van der Waals surface area contributed by atoms with Crippen LogP contribution in [0.4, 0.5) is 0 Å². The van der Waals surface area contributed by atoms with E-state index >= 15 is 0 Å². The van der Waals surface area contributed by atoms with E-state index in [2.05, 4.69) is 22.5 Å². The van der Waals surface area contributed by atoms with Crippen molar-refractivity contribution in [1.82, 2.24) is 0 Å². The highest BCUT2D eigenvalue weighted by Crippen LogP contribution is 2.37. The van der Waals surface area contributed by atoms with Gasteiger partial charge in [0.2, 0.25) is 0 Å². The second-order valence-corrected chi connectivity index (χ2v) is 3.83. The van der Waals surface area contributed by atoms with Gasteiger partial charge in [0.05, 0.1) is 14.2 Å². The van der Waals surface area contributed by atoms with Crippen molar-refractivity contribution >= 4 is 15.9 Å². The van der Waals surface area contributed by atoms with E-state index in [0.717, 1.165) is 4.47 Å². The number of ether oxygens (including phenoxy) is 2. The molecule has 1 N–H and O–H groups in total. The van der Waals surface area contributed by atoms with E-state index in [0.29, 0.717) is 17.1 Å². The lowest BCUT2D eigenvalue weighted by Crippen LogP contribution is -2.00. The number of aliphatic hydroxyl groups excluding tert-OH is 1. The number of halogens is 1. The number of benzene rings is 1. The van der Waals surface area contributed by atoms with Crippen molar-refractivity contribution in [2.45, 2.75) is 6.10 Å². The second-order valence-electron chi connectivity index (χ2n) is 2.91. The van der Waals surface area contributed by atoms with Gasteiger partial charge in [0.1, 0.15) is 6.10 Å². The maximum Gasteiger partial charge on any atom is 0.166 e. The summed E-state index contributed by atoms with van der Waals surface area (Å²) in [6, 6.07) is 3.55. The Morgan fingerprint density at radius 1 is 1.40 bits per heavy atom. The smallest absolute Gasteiger partial charge is 0.166 e. The molecule has 0 radical (unpaired) electrons. The van der Waals surface area contributed by atoms with Crippen LogP contribution >= 0.6 is 15.9 Å². The van der Waals surface area contributed by atoms with Gasteiger partial charge in [-0.15, -0.1) is 6.58 Å². The van der Waals surface area contributed by atoms with Crippen LogP contribution in [0.2, 0.25) is 0 Å². The zero-order valence-corrected chi connectivity index (χ0v) is 10.2. The largest absolute Gasteiger partial charge is 0.493 e. The van der Waals surface area contributed by atoms with E-state index in [1.807, 2.05) is 0 Å². The minimum absolute atomic E-state index is 0.521. The average Bonchev–Trinajstić information content (AvgIpc) is 2.26. The number of methoxy groups -OCH3 is 2. The van der Waals surface area contributed by atoms with Gasteiger partial charge in [0, 0.05) is 10.0 Å². The molecule has 0 amide bonds. The van der Waals surface area contributed by atoms with Gasteiger partial charge in [0.15, 0.2) is 11.5 Å². The quantitative estimate of drug-likeness (QED) is 0.857. The summed E-state index contributed by atoms with van der Waals surface area (Å²) in [6.07, 6.45) is 0.662. The van der Waals surface area contributed by atoms with Crippen LogP contribution in [0.25, 0.3) is 0 Å². The molecule has 0 fully saturated rings. The van der Waals surface area contributed by atoms with Crippen molar-refractivity contribution in [3.05, 3.63) is 34.8 Å². The Kier molecular flexibility index (Phi) is 4.17. The Labute approximate surface area is 97.5 Å². The van der Waals surface area contributed by atoms with E-state index < -0.39 is 6.10 Å². The number of rotatable bonds is 4. The normalized spacial score (nSPS) is 12.0. The molecule has 0 aliphatic rings. The third-order valence-corrected chi connectivity index (χ3v) is 2.47. The van der Waals surface area contributed by atoms with Crippen molar-refractivity contribution in [1.29, 1.82) is 0 Å². The number of hydrogen-bond donors (Lipinski definition) is 1. The lowest BCUT2D eigenvalue weighted by molar-refractivity contribution is 0.221. The molecular formula is C11H13BrO3. The van der Waals surface area contributed by atoms with Crippen LogP contribution in [0.15, 0.2) is 29.3 Å². The van der Waals surface area contributed by atoms with E-state index in [-0.39, 0.29) is 0 Å². The fourth-order valence-corrected chi connectivity index (χ4v) is 1.76. The Bertz CT molecular complexity index is 363. The van der Waals surface area contributed by atoms with Crippen LogP contribution < -0.4 is 9.47 Å². The van der Waals surface area contributed by atoms with E-state index in [1.54, 1.807) is 19.2 Å². The Balaban J connectivity index is 3.34. The molecule has 0 heterocycles. The van der Waals surface area contributed by atoms with Crippen LogP contribution in [-0.2, 0) is 0 Å². The highest BCUT2D eigenvalue weighted by atomic mass is 79.9. The molecule has 15 heavy (non-hydrogen) atoms. The minimum Gasteiger partial charge on any atom is -0.493 e. The molecule has 0 aliphatic carbocycles. The summed E-state index contributed by atoms with van der Waals surface area (Å²) in [5.74, 6) is 1.09. The number of aliphatic hydroxyl groups is 1. The molecule has 0 aliphatic heterocycles. The molecular weight excluding hydrogens is 260 g/mol. The molecule has 1 aromatic rings. The van der Waals surface area contributed by atoms with Crippen molar-refractivity contribution in [2.24, 2.45) is 0 Å². The van der Waals surface area contributed by atoms with Crippen molar-refractivity contribution < 1.29 is 14.6 Å². The monoisotopic (exact) mass is 272 g/mol. The van der Waals surface area contributed by atoms with Crippen LogP contribution in [0.3, 0.4) is 0 Å². The molecule has 0 aromatic heterocycles. The maximum atomic E-state index is 9.71. The molecule has 1 aromatic carbocycles. The summed E-state index contributed by atoms with van der Waals surface area (Å²) in [5, 5.41) is 9.71. The molecule has 1 rings (SSSR count). The Hall–Kier alpha value is -1.00. The zero-order valence-electron chi connectivity index (χ0n) is 8.66. The summed E-state index contributed by atoms with van der Waals surface area (Å²) < 4.78 is 11.2. The van der Waals surface area contributed by atoms with Crippen LogP contribution in [0.5, 0.6) is 11.5 Å². The first kappa shape index (κ1) is 12.1. The number of hydrogen-bond acceptors (Lipinski definition) is 3. The molecule has 1 atom stereocenters. The van der Waals surface area contributed by atoms with Crippen molar-refractivity contribution in [3.63, 3.8) is 0 Å². The topological polar surface area (TPSA) is 38.7 Å². The molecule has 0 spiro atoms. The first-order valence-electron chi connectivity index (χ1n) is 4.36. The van der Waals surface area contributed by atoms with E-state index in [9.17, 15) is 5.11 Å². The zero-order chi connectivity index (χ0) is 11.4. The SMILES string of the molecule is C=CC(O)c1cc(Br)cc(OC)c1OC. The predicted octanol–water partition coefficient (Wildman–Crippen LogP) is 2.69. The van der Waals surface area contributed by atoms with E-state index in [1.165, 1.54) is 13.2 Å². The highest BCUT2D eigenvalue weighted by molar-refractivity contribution is 9.10. The maximum absolute atomic E-state index is 9.71. The first-order valence-corrected chi connectivity index (χ1v) is 5.15. The first-order chi connectivity index (χ1) is 7.13. The van der Waals surface area contributed by atoms with Gasteiger partial charge in [-0.2, -0.15) is 0 Å². The minimum atomic E-state index is -0.772. The second kappa shape index (κ2) is 5.19. The summed E-state index contributed by atoms with van der Waals surface area (Å²) in [5.41, 5.74) is 0.624. The van der Waals surface area contributed by atoms with Crippen LogP contribution in [0.1, 0.15) is 11.7 Å². The van der Waals surface area contributed by atoms with Gasteiger partial charge in [-0.1, -0.05) is 22.0 Å². The van der Waals surface area contributed by atoms with Gasteiger partial charge in [-0.25, -0.2) is 0 Å². The summed E-state index contributed by atoms with van der Waals surface area (Å²) in [6.45, 7) is 3.54. The summed E-state index contributed by atoms with van der Waals surface area (Å²) in [4.78, 5) is 0. The van der Waals surface area contributed by atoms with Crippen LogP contribution in [-0.4, -0.2) is 19.3 Å². The fraction of sp³-hybridized carbons (Fsp3) is 0.273. The molecule has 4 heteroatoms. The molecule has 0 saturated carbocycles. The molecule has 0 bridgehead atoms. The van der Waals surface area contributed by atoms with E-state index in [4.69, 9.17) is 9.47 Å². The third kappa shape index (κ3) is 2.52. The van der Waals surface area contributed by atoms with Gasteiger partial charge in [-0.3, -0.25) is 0 Å².